The van der Waals surface area contributed by atoms with Crippen molar-refractivity contribution < 1.29 is 31.4 Å². The van der Waals surface area contributed by atoms with Gasteiger partial charge in [0.05, 0.1) is 11.1 Å². The smallest absolute Gasteiger partial charge is 0.400 e. The summed E-state index contributed by atoms with van der Waals surface area (Å²) in [7, 11) is 1.00. The van der Waals surface area contributed by atoms with Crippen molar-refractivity contribution in [1.82, 2.24) is 5.32 Å². The Balaban J connectivity index is 0. The molecule has 0 aliphatic rings. The van der Waals surface area contributed by atoms with Crippen molar-refractivity contribution in [2.45, 2.75) is 45.2 Å². The van der Waals surface area contributed by atoms with Crippen LogP contribution in [0.2, 0.25) is 0 Å². The SMILES string of the molecule is CCC(C)N.CO.NCCNCc1cc(C(F)(F)F)cc(C(F)(F)F)c1. The topological polar surface area (TPSA) is 84.3 Å². The maximum atomic E-state index is 12.5. The van der Waals surface area contributed by atoms with Crippen LogP contribution in [0.3, 0.4) is 0 Å². The van der Waals surface area contributed by atoms with Crippen LogP contribution in [0.4, 0.5) is 26.3 Å². The van der Waals surface area contributed by atoms with E-state index in [9.17, 15) is 26.3 Å². The molecule has 0 aliphatic heterocycles. The van der Waals surface area contributed by atoms with Crippen LogP contribution in [-0.4, -0.2) is 31.3 Å². The van der Waals surface area contributed by atoms with E-state index in [0.717, 1.165) is 13.5 Å². The van der Waals surface area contributed by atoms with Gasteiger partial charge in [0.1, 0.15) is 0 Å². The van der Waals surface area contributed by atoms with Gasteiger partial charge in [-0.1, -0.05) is 6.92 Å². The highest BCUT2D eigenvalue weighted by molar-refractivity contribution is 5.33. The quantitative estimate of drug-likeness (QED) is 0.459. The number of aliphatic hydroxyl groups excluding tert-OH is 1. The fourth-order valence-electron chi connectivity index (χ4n) is 1.46. The van der Waals surface area contributed by atoms with Crippen molar-refractivity contribution >= 4 is 0 Å². The Morgan fingerprint density at radius 3 is 1.65 bits per heavy atom. The molecule has 0 saturated carbocycles. The van der Waals surface area contributed by atoms with Crippen LogP contribution in [-0.2, 0) is 18.9 Å². The first kappa shape index (κ1) is 26.9. The zero-order valence-electron chi connectivity index (χ0n) is 15.0. The second kappa shape index (κ2) is 12.9. The molecule has 1 aromatic rings. The van der Waals surface area contributed by atoms with Gasteiger partial charge in [0, 0.05) is 32.8 Å². The Morgan fingerprint density at radius 1 is 1.00 bits per heavy atom. The summed E-state index contributed by atoms with van der Waals surface area (Å²) < 4.78 is 75.1. The molecule has 1 rings (SSSR count). The average Bonchev–Trinajstić information content (AvgIpc) is 2.55. The lowest BCUT2D eigenvalue weighted by Gasteiger charge is -2.14. The fourth-order valence-corrected chi connectivity index (χ4v) is 1.46. The number of nitrogens with two attached hydrogens (primary N) is 2. The predicted octanol–water partition coefficient (Wildman–Crippen LogP) is 3.12. The summed E-state index contributed by atoms with van der Waals surface area (Å²) in [6.07, 6.45) is -8.55. The molecule has 0 bridgehead atoms. The highest BCUT2D eigenvalue weighted by Crippen LogP contribution is 2.36. The molecule has 0 fully saturated rings. The average molecular weight is 391 g/mol. The Hall–Kier alpha value is -1.36. The molecule has 1 unspecified atom stereocenters. The first-order chi connectivity index (χ1) is 11.9. The summed E-state index contributed by atoms with van der Waals surface area (Å²) in [6, 6.07) is 1.87. The lowest BCUT2D eigenvalue weighted by Crippen LogP contribution is -2.22. The summed E-state index contributed by atoms with van der Waals surface area (Å²) in [5, 5.41) is 9.65. The Morgan fingerprint density at radius 2 is 1.38 bits per heavy atom. The van der Waals surface area contributed by atoms with Crippen molar-refractivity contribution in [1.29, 1.82) is 0 Å². The van der Waals surface area contributed by atoms with Gasteiger partial charge in [0.25, 0.3) is 0 Å². The Bertz CT molecular complexity index is 458. The summed E-state index contributed by atoms with van der Waals surface area (Å²) in [5.74, 6) is 0. The molecule has 4 nitrogen and oxygen atoms in total. The molecule has 1 aromatic carbocycles. The number of nitrogens with one attached hydrogen (secondary N) is 1. The molecular formula is C16H27F6N3O. The van der Waals surface area contributed by atoms with Crippen LogP contribution in [0.25, 0.3) is 0 Å². The zero-order valence-corrected chi connectivity index (χ0v) is 15.0. The molecule has 0 amide bonds. The molecular weight excluding hydrogens is 364 g/mol. The number of alkyl halides is 6. The van der Waals surface area contributed by atoms with Crippen LogP contribution in [0.15, 0.2) is 18.2 Å². The van der Waals surface area contributed by atoms with Crippen molar-refractivity contribution in [3.05, 3.63) is 34.9 Å². The van der Waals surface area contributed by atoms with E-state index in [-0.39, 0.29) is 24.7 Å². The lowest BCUT2D eigenvalue weighted by molar-refractivity contribution is -0.143. The van der Waals surface area contributed by atoms with Gasteiger partial charge in [0.15, 0.2) is 0 Å². The third-order valence-corrected chi connectivity index (χ3v) is 2.94. The normalized spacial score (nSPS) is 12.5. The fraction of sp³-hybridized carbons (Fsp3) is 0.625. The summed E-state index contributed by atoms with van der Waals surface area (Å²) in [4.78, 5) is 0. The van der Waals surface area contributed by atoms with Crippen molar-refractivity contribution in [2.24, 2.45) is 11.5 Å². The van der Waals surface area contributed by atoms with Crippen LogP contribution in [0.1, 0.15) is 37.0 Å². The maximum absolute atomic E-state index is 12.5. The molecule has 0 aliphatic carbocycles. The summed E-state index contributed by atoms with van der Waals surface area (Å²) in [6.45, 7) is 4.51. The van der Waals surface area contributed by atoms with Gasteiger partial charge in [-0.3, -0.25) is 0 Å². The Labute approximate surface area is 149 Å². The molecule has 0 radical (unpaired) electrons. The van der Waals surface area contributed by atoms with Gasteiger partial charge in [-0.05, 0) is 37.1 Å². The van der Waals surface area contributed by atoms with Crippen LogP contribution >= 0.6 is 0 Å². The third-order valence-electron chi connectivity index (χ3n) is 2.94. The minimum Gasteiger partial charge on any atom is -0.400 e. The van der Waals surface area contributed by atoms with Gasteiger partial charge in [-0.15, -0.1) is 0 Å². The molecule has 0 heterocycles. The second-order valence-corrected chi connectivity index (χ2v) is 5.27. The van der Waals surface area contributed by atoms with Crippen molar-refractivity contribution in [3.8, 4) is 0 Å². The standard InChI is InChI=1S/C11H12F6N2.C4H11N.CH4O/c12-10(13,14)8-3-7(6-19-2-1-18)4-9(5-8)11(15,16)17;1-3-4(2)5;1-2/h3-5,19H,1-2,6,18H2;4H,3,5H2,1-2H3;2H,1H3. The van der Waals surface area contributed by atoms with E-state index in [1.54, 1.807) is 0 Å². The van der Waals surface area contributed by atoms with Gasteiger partial charge in [-0.25, -0.2) is 0 Å². The highest BCUT2D eigenvalue weighted by Gasteiger charge is 2.36. The third kappa shape index (κ3) is 12.1. The highest BCUT2D eigenvalue weighted by atomic mass is 19.4. The molecule has 26 heavy (non-hydrogen) atoms. The maximum Gasteiger partial charge on any atom is 0.416 e. The second-order valence-electron chi connectivity index (χ2n) is 5.27. The van der Waals surface area contributed by atoms with E-state index < -0.39 is 23.5 Å². The van der Waals surface area contributed by atoms with Gasteiger partial charge in [0.2, 0.25) is 0 Å². The van der Waals surface area contributed by atoms with E-state index >= 15 is 0 Å². The number of halogens is 6. The molecule has 6 N–H and O–H groups in total. The zero-order chi connectivity index (χ0) is 21.0. The molecule has 10 heteroatoms. The minimum atomic E-state index is -4.82. The van der Waals surface area contributed by atoms with Gasteiger partial charge < -0.3 is 21.9 Å². The van der Waals surface area contributed by atoms with Crippen LogP contribution < -0.4 is 16.8 Å². The molecule has 0 spiro atoms. The molecule has 154 valence electrons. The van der Waals surface area contributed by atoms with Gasteiger partial charge in [-0.2, -0.15) is 26.3 Å². The van der Waals surface area contributed by atoms with Gasteiger partial charge >= 0.3 is 12.4 Å². The van der Waals surface area contributed by atoms with E-state index in [4.69, 9.17) is 16.6 Å². The molecule has 1 atom stereocenters. The molecule has 0 aromatic heterocycles. The van der Waals surface area contributed by atoms with E-state index in [2.05, 4.69) is 12.2 Å². The predicted molar refractivity (Wildman–Crippen MR) is 89.3 cm³/mol. The van der Waals surface area contributed by atoms with E-state index in [1.165, 1.54) is 0 Å². The first-order valence-corrected chi connectivity index (χ1v) is 7.81. The van der Waals surface area contributed by atoms with Crippen molar-refractivity contribution in [3.63, 3.8) is 0 Å². The molecule has 0 saturated heterocycles. The number of benzene rings is 1. The number of aliphatic hydroxyl groups is 1. The summed E-state index contributed by atoms with van der Waals surface area (Å²) >= 11 is 0. The summed E-state index contributed by atoms with van der Waals surface area (Å²) in [5.41, 5.74) is 7.75. The lowest BCUT2D eigenvalue weighted by atomic mass is 10.0. The first-order valence-electron chi connectivity index (χ1n) is 7.81. The van der Waals surface area contributed by atoms with Crippen molar-refractivity contribution in [2.75, 3.05) is 20.2 Å². The number of hydrogen-bond acceptors (Lipinski definition) is 4. The van der Waals surface area contributed by atoms with Crippen LogP contribution in [0.5, 0.6) is 0 Å². The largest absolute Gasteiger partial charge is 0.416 e. The Kier molecular flexibility index (Phi) is 13.3. The number of hydrogen-bond donors (Lipinski definition) is 4. The van der Waals surface area contributed by atoms with E-state index in [0.29, 0.717) is 24.7 Å². The minimum absolute atomic E-state index is 0.0874. The monoisotopic (exact) mass is 391 g/mol. The van der Waals surface area contributed by atoms with E-state index in [1.807, 2.05) is 6.92 Å². The number of rotatable bonds is 5. The van der Waals surface area contributed by atoms with Crippen LogP contribution in [0, 0.1) is 0 Å².